The van der Waals surface area contributed by atoms with Crippen LogP contribution in [-0.2, 0) is 18.3 Å². The fourth-order valence-electron chi connectivity index (χ4n) is 2.04. The minimum atomic E-state index is -0.481. The van der Waals surface area contributed by atoms with Gasteiger partial charge in [0.15, 0.2) is 5.69 Å². The van der Waals surface area contributed by atoms with Gasteiger partial charge in [0.25, 0.3) is 0 Å². The highest BCUT2D eigenvalue weighted by Gasteiger charge is 2.22. The predicted molar refractivity (Wildman–Crippen MR) is 73.1 cm³/mol. The van der Waals surface area contributed by atoms with Crippen LogP contribution >= 0.6 is 0 Å². The molecule has 0 bridgehead atoms. The van der Waals surface area contributed by atoms with Crippen molar-refractivity contribution in [3.05, 3.63) is 18.1 Å². The Labute approximate surface area is 117 Å². The fourth-order valence-corrected chi connectivity index (χ4v) is 2.04. The van der Waals surface area contributed by atoms with Crippen LogP contribution in [0.5, 0.6) is 0 Å². The number of hydrogen-bond donors (Lipinski definition) is 0. The molecule has 0 radical (unpaired) electrons. The van der Waals surface area contributed by atoms with Crippen LogP contribution in [0.15, 0.2) is 12.4 Å². The molecular formula is C13H19N5O2. The highest BCUT2D eigenvalue weighted by Crippen LogP contribution is 2.22. The number of ether oxygens (including phenoxy) is 1. The lowest BCUT2D eigenvalue weighted by Crippen LogP contribution is -2.06. The Morgan fingerprint density at radius 3 is 2.80 bits per heavy atom. The highest BCUT2D eigenvalue weighted by molar-refractivity contribution is 5.93. The molecule has 20 heavy (non-hydrogen) atoms. The van der Waals surface area contributed by atoms with Crippen LogP contribution in [0.1, 0.15) is 36.7 Å². The van der Waals surface area contributed by atoms with Gasteiger partial charge in [-0.2, -0.15) is 5.10 Å². The van der Waals surface area contributed by atoms with E-state index in [-0.39, 0.29) is 5.69 Å². The third kappa shape index (κ3) is 2.87. The summed E-state index contributed by atoms with van der Waals surface area (Å²) < 4.78 is 8.19. The van der Waals surface area contributed by atoms with Gasteiger partial charge in [0.1, 0.15) is 5.69 Å². The summed E-state index contributed by atoms with van der Waals surface area (Å²) in [4.78, 5) is 11.8. The van der Waals surface area contributed by atoms with Gasteiger partial charge < -0.3 is 4.74 Å². The minimum Gasteiger partial charge on any atom is -0.464 e. The van der Waals surface area contributed by atoms with Crippen molar-refractivity contribution in [2.75, 3.05) is 7.11 Å². The molecule has 7 heteroatoms. The Hall–Kier alpha value is -2.18. The second-order valence-electron chi connectivity index (χ2n) is 4.61. The molecule has 0 fully saturated rings. The van der Waals surface area contributed by atoms with Crippen molar-refractivity contribution >= 4 is 5.97 Å². The number of carbonyl (C=O) groups is 1. The molecule has 0 aliphatic carbocycles. The van der Waals surface area contributed by atoms with Crippen LogP contribution in [0.2, 0.25) is 0 Å². The van der Waals surface area contributed by atoms with Crippen LogP contribution in [0.25, 0.3) is 11.3 Å². The first-order valence-corrected chi connectivity index (χ1v) is 6.68. The maximum Gasteiger partial charge on any atom is 0.360 e. The Morgan fingerprint density at radius 1 is 1.40 bits per heavy atom. The first kappa shape index (κ1) is 14.2. The zero-order valence-corrected chi connectivity index (χ0v) is 12.0. The molecule has 0 aromatic carbocycles. The van der Waals surface area contributed by atoms with Gasteiger partial charge in [-0.25, -0.2) is 9.48 Å². The molecule has 0 saturated heterocycles. The summed E-state index contributed by atoms with van der Waals surface area (Å²) in [5, 5.41) is 12.2. The molecule has 108 valence electrons. The van der Waals surface area contributed by atoms with E-state index in [1.165, 1.54) is 7.11 Å². The minimum absolute atomic E-state index is 0.233. The van der Waals surface area contributed by atoms with Gasteiger partial charge in [-0.05, 0) is 6.42 Å². The molecule has 2 aromatic heterocycles. The Kier molecular flexibility index (Phi) is 4.49. The van der Waals surface area contributed by atoms with Crippen molar-refractivity contribution in [2.24, 2.45) is 7.05 Å². The molecule has 2 aromatic rings. The van der Waals surface area contributed by atoms with E-state index >= 15 is 0 Å². The lowest BCUT2D eigenvalue weighted by atomic mass is 10.2. The second kappa shape index (κ2) is 6.31. The summed E-state index contributed by atoms with van der Waals surface area (Å²) >= 11 is 0. The predicted octanol–water partition coefficient (Wildman–Crippen LogP) is 1.66. The van der Waals surface area contributed by atoms with Gasteiger partial charge in [-0.1, -0.05) is 25.0 Å². The monoisotopic (exact) mass is 277 g/mol. The van der Waals surface area contributed by atoms with Crippen molar-refractivity contribution in [1.29, 1.82) is 0 Å². The molecular weight excluding hydrogens is 258 g/mol. The number of carbonyl (C=O) groups excluding carboxylic acids is 1. The van der Waals surface area contributed by atoms with Crippen molar-refractivity contribution in [3.63, 3.8) is 0 Å². The Bertz CT molecular complexity index is 587. The molecule has 0 N–H and O–H groups in total. The summed E-state index contributed by atoms with van der Waals surface area (Å²) in [5.41, 5.74) is 1.72. The van der Waals surface area contributed by atoms with Gasteiger partial charge in [0.05, 0.1) is 13.3 Å². The van der Waals surface area contributed by atoms with E-state index in [0.29, 0.717) is 5.69 Å². The molecule has 0 spiro atoms. The Morgan fingerprint density at radius 2 is 2.20 bits per heavy atom. The van der Waals surface area contributed by atoms with E-state index < -0.39 is 5.97 Å². The average Bonchev–Trinajstić information content (AvgIpc) is 3.04. The molecule has 0 saturated carbocycles. The fraction of sp³-hybridized carbons (Fsp3) is 0.538. The van der Waals surface area contributed by atoms with Crippen LogP contribution < -0.4 is 0 Å². The van der Waals surface area contributed by atoms with Gasteiger partial charge in [-0.3, -0.25) is 4.68 Å². The van der Waals surface area contributed by atoms with E-state index in [0.717, 1.165) is 31.4 Å². The van der Waals surface area contributed by atoms with E-state index in [2.05, 4.69) is 22.3 Å². The summed E-state index contributed by atoms with van der Waals surface area (Å²) in [6, 6.07) is 0. The third-order valence-electron chi connectivity index (χ3n) is 3.07. The summed E-state index contributed by atoms with van der Waals surface area (Å²) in [6.07, 6.45) is 6.76. The zero-order chi connectivity index (χ0) is 14.5. The number of rotatable bonds is 6. The largest absolute Gasteiger partial charge is 0.464 e. The summed E-state index contributed by atoms with van der Waals surface area (Å²) in [6.45, 7) is 2.87. The maximum atomic E-state index is 11.8. The number of nitrogens with zero attached hydrogens (tertiary/aromatic N) is 5. The van der Waals surface area contributed by atoms with E-state index in [9.17, 15) is 4.79 Å². The highest BCUT2D eigenvalue weighted by atomic mass is 16.5. The topological polar surface area (TPSA) is 74.8 Å². The molecule has 0 unspecified atom stereocenters. The Balaban J connectivity index is 2.37. The van der Waals surface area contributed by atoms with E-state index in [1.807, 2.05) is 13.2 Å². The SMILES string of the molecule is CCCCCn1nnc(C(=O)OC)c1-c1cnn(C)c1. The number of unbranched alkanes of at least 4 members (excludes halogenated alkanes) is 2. The molecule has 0 atom stereocenters. The van der Waals surface area contributed by atoms with Crippen molar-refractivity contribution in [1.82, 2.24) is 24.8 Å². The lowest BCUT2D eigenvalue weighted by Gasteiger charge is -2.05. The summed E-state index contributed by atoms with van der Waals surface area (Å²) in [7, 11) is 3.16. The van der Waals surface area contributed by atoms with Crippen molar-refractivity contribution in [3.8, 4) is 11.3 Å². The zero-order valence-electron chi connectivity index (χ0n) is 12.0. The smallest absolute Gasteiger partial charge is 0.360 e. The van der Waals surface area contributed by atoms with Gasteiger partial charge in [-0.15, -0.1) is 5.10 Å². The quantitative estimate of drug-likeness (QED) is 0.593. The van der Waals surface area contributed by atoms with Gasteiger partial charge in [0, 0.05) is 25.4 Å². The molecule has 7 nitrogen and oxygen atoms in total. The molecule has 2 rings (SSSR count). The molecule has 0 aliphatic rings. The molecule has 2 heterocycles. The van der Waals surface area contributed by atoms with Gasteiger partial charge in [0.2, 0.25) is 0 Å². The number of hydrogen-bond acceptors (Lipinski definition) is 5. The van der Waals surface area contributed by atoms with Gasteiger partial charge >= 0.3 is 5.97 Å². The first-order chi connectivity index (χ1) is 9.67. The van der Waals surface area contributed by atoms with E-state index in [1.54, 1.807) is 15.6 Å². The lowest BCUT2D eigenvalue weighted by molar-refractivity contribution is 0.0595. The summed E-state index contributed by atoms with van der Waals surface area (Å²) in [5.74, 6) is -0.481. The average molecular weight is 277 g/mol. The van der Waals surface area contributed by atoms with Crippen LogP contribution in [0.4, 0.5) is 0 Å². The molecule has 0 amide bonds. The van der Waals surface area contributed by atoms with Crippen LogP contribution in [0.3, 0.4) is 0 Å². The van der Waals surface area contributed by atoms with Crippen molar-refractivity contribution < 1.29 is 9.53 Å². The number of aryl methyl sites for hydroxylation is 2. The first-order valence-electron chi connectivity index (χ1n) is 6.68. The van der Waals surface area contributed by atoms with E-state index in [4.69, 9.17) is 4.74 Å². The van der Waals surface area contributed by atoms with Crippen LogP contribution in [0, 0.1) is 0 Å². The number of methoxy groups -OCH3 is 1. The van der Waals surface area contributed by atoms with Crippen LogP contribution in [-0.4, -0.2) is 37.9 Å². The maximum absolute atomic E-state index is 11.8. The standard InChI is InChI=1S/C13H19N5O2/c1-4-5-6-7-18-12(10-8-14-17(2)9-10)11(15-16-18)13(19)20-3/h8-9H,4-7H2,1-3H3. The van der Waals surface area contributed by atoms with Crippen molar-refractivity contribution in [2.45, 2.75) is 32.7 Å². The normalized spacial score (nSPS) is 10.8. The third-order valence-corrected chi connectivity index (χ3v) is 3.07. The second-order valence-corrected chi connectivity index (χ2v) is 4.61. The number of esters is 1. The number of aromatic nitrogens is 5. The molecule has 0 aliphatic heterocycles.